The van der Waals surface area contributed by atoms with Crippen LogP contribution in [-0.4, -0.2) is 22.8 Å². The van der Waals surface area contributed by atoms with Crippen LogP contribution in [0.2, 0.25) is 0 Å². The first-order chi connectivity index (χ1) is 13.0. The normalized spacial score (nSPS) is 13.0. The number of para-hydroxylation sites is 1. The van der Waals surface area contributed by atoms with E-state index in [0.29, 0.717) is 11.6 Å². The highest BCUT2D eigenvalue weighted by Crippen LogP contribution is 2.25. The van der Waals surface area contributed by atoms with Crippen LogP contribution in [0.15, 0.2) is 54.6 Å². The lowest BCUT2D eigenvalue weighted by Gasteiger charge is -2.15. The van der Waals surface area contributed by atoms with Crippen LogP contribution in [-0.2, 0) is 9.59 Å². The van der Waals surface area contributed by atoms with Crippen LogP contribution < -0.4 is 16.2 Å². The maximum atomic E-state index is 12.2. The van der Waals surface area contributed by atoms with Crippen molar-refractivity contribution in [3.63, 3.8) is 0 Å². The third kappa shape index (κ3) is 5.04. The van der Waals surface area contributed by atoms with E-state index in [1.807, 2.05) is 61.5 Å². The molecule has 0 aliphatic rings. The van der Waals surface area contributed by atoms with E-state index < -0.39 is 6.04 Å². The predicted octanol–water partition coefficient (Wildman–Crippen LogP) is 3.44. The molecule has 1 aromatic heterocycles. The Hall–Kier alpha value is -2.93. The van der Waals surface area contributed by atoms with Gasteiger partial charge in [-0.3, -0.25) is 20.4 Å². The predicted molar refractivity (Wildman–Crippen MR) is 108 cm³/mol. The molecule has 7 heteroatoms. The number of benzene rings is 2. The summed E-state index contributed by atoms with van der Waals surface area (Å²) >= 11 is 1.48. The molecular weight excluding hydrogens is 360 g/mol. The van der Waals surface area contributed by atoms with E-state index >= 15 is 0 Å². The van der Waals surface area contributed by atoms with Gasteiger partial charge in [-0.15, -0.1) is 0 Å². The van der Waals surface area contributed by atoms with Crippen molar-refractivity contribution in [2.45, 2.75) is 32.2 Å². The zero-order valence-electron chi connectivity index (χ0n) is 15.2. The van der Waals surface area contributed by atoms with Crippen molar-refractivity contribution in [2.24, 2.45) is 0 Å². The number of carbonyl (C=O) groups excluding carboxylic acids is 2. The Balaban J connectivity index is 1.47. The van der Waals surface area contributed by atoms with Gasteiger partial charge in [0.15, 0.2) is 5.13 Å². The van der Waals surface area contributed by atoms with Crippen molar-refractivity contribution < 1.29 is 9.59 Å². The van der Waals surface area contributed by atoms with Crippen LogP contribution in [0.4, 0.5) is 5.13 Å². The molecule has 2 amide bonds. The minimum absolute atomic E-state index is 0.0707. The molecule has 3 N–H and O–H groups in total. The minimum Gasteiger partial charge on any atom is -0.350 e. The van der Waals surface area contributed by atoms with Crippen molar-refractivity contribution in [1.29, 1.82) is 0 Å². The topological polar surface area (TPSA) is 83.1 Å². The largest absolute Gasteiger partial charge is 0.350 e. The standard InChI is InChI=1S/C20H22N4O2S/c1-13(15-8-4-3-5-9-15)12-18(25)23-24-19(26)14(2)21-20-22-16-10-6-7-11-17(16)27-20/h3-11,13-14H,12H2,1-2H3,(H,21,22)(H,23,25)(H,24,26)/t13-,14+/m1/s1. The van der Waals surface area contributed by atoms with Gasteiger partial charge in [-0.05, 0) is 30.5 Å². The first-order valence-corrected chi connectivity index (χ1v) is 9.60. The third-order valence-corrected chi connectivity index (χ3v) is 5.18. The summed E-state index contributed by atoms with van der Waals surface area (Å²) < 4.78 is 1.05. The number of rotatable bonds is 6. The van der Waals surface area contributed by atoms with Crippen molar-refractivity contribution in [3.05, 3.63) is 60.2 Å². The molecule has 27 heavy (non-hydrogen) atoms. The van der Waals surface area contributed by atoms with Gasteiger partial charge in [0.25, 0.3) is 5.91 Å². The fourth-order valence-electron chi connectivity index (χ4n) is 2.65. The average molecular weight is 382 g/mol. The number of amides is 2. The summed E-state index contributed by atoms with van der Waals surface area (Å²) in [5.41, 5.74) is 6.93. The Morgan fingerprint density at radius 2 is 1.70 bits per heavy atom. The van der Waals surface area contributed by atoms with Crippen molar-refractivity contribution in [3.8, 4) is 0 Å². The molecule has 0 bridgehead atoms. The van der Waals surface area contributed by atoms with E-state index in [1.54, 1.807) is 6.92 Å². The highest BCUT2D eigenvalue weighted by Gasteiger charge is 2.16. The number of fused-ring (bicyclic) bond motifs is 1. The number of hydrazine groups is 1. The number of nitrogens with one attached hydrogen (secondary N) is 3. The van der Waals surface area contributed by atoms with Crippen LogP contribution in [0.25, 0.3) is 10.2 Å². The van der Waals surface area contributed by atoms with E-state index in [1.165, 1.54) is 11.3 Å². The smallest absolute Gasteiger partial charge is 0.260 e. The SMILES string of the molecule is C[C@H](Nc1nc2ccccc2s1)C(=O)NNC(=O)C[C@@H](C)c1ccccc1. The highest BCUT2D eigenvalue weighted by atomic mass is 32.1. The lowest BCUT2D eigenvalue weighted by Crippen LogP contribution is -2.47. The molecule has 0 saturated carbocycles. The Morgan fingerprint density at radius 3 is 2.44 bits per heavy atom. The Kier molecular flexibility index (Phi) is 6.03. The zero-order chi connectivity index (χ0) is 19.2. The third-order valence-electron chi connectivity index (χ3n) is 4.21. The van der Waals surface area contributed by atoms with Gasteiger partial charge in [-0.2, -0.15) is 0 Å². The van der Waals surface area contributed by atoms with Crippen LogP contribution in [0.5, 0.6) is 0 Å². The number of aromatic nitrogens is 1. The second-order valence-corrected chi connectivity index (χ2v) is 7.44. The number of anilines is 1. The second kappa shape index (κ2) is 8.64. The minimum atomic E-state index is -0.530. The van der Waals surface area contributed by atoms with E-state index in [9.17, 15) is 9.59 Å². The van der Waals surface area contributed by atoms with Gasteiger partial charge in [-0.25, -0.2) is 4.98 Å². The number of nitrogens with zero attached hydrogens (tertiary/aromatic N) is 1. The monoisotopic (exact) mass is 382 g/mol. The Labute approximate surface area is 162 Å². The number of carbonyl (C=O) groups is 2. The van der Waals surface area contributed by atoms with Crippen LogP contribution in [0, 0.1) is 0 Å². The van der Waals surface area contributed by atoms with E-state index in [-0.39, 0.29) is 17.7 Å². The molecule has 6 nitrogen and oxygen atoms in total. The van der Waals surface area contributed by atoms with Crippen LogP contribution >= 0.6 is 11.3 Å². The first kappa shape index (κ1) is 18.8. The molecule has 0 aliphatic carbocycles. The summed E-state index contributed by atoms with van der Waals surface area (Å²) in [6.07, 6.45) is 0.296. The van der Waals surface area contributed by atoms with Crippen molar-refractivity contribution >= 4 is 38.5 Å². The van der Waals surface area contributed by atoms with Crippen LogP contribution in [0.1, 0.15) is 31.7 Å². The first-order valence-electron chi connectivity index (χ1n) is 8.78. The zero-order valence-corrected chi connectivity index (χ0v) is 16.0. The van der Waals surface area contributed by atoms with Crippen molar-refractivity contribution in [1.82, 2.24) is 15.8 Å². The quantitative estimate of drug-likeness (QED) is 0.570. The van der Waals surface area contributed by atoms with Crippen molar-refractivity contribution in [2.75, 3.05) is 5.32 Å². The molecule has 0 radical (unpaired) electrons. The lowest BCUT2D eigenvalue weighted by molar-refractivity contribution is -0.129. The highest BCUT2D eigenvalue weighted by molar-refractivity contribution is 7.22. The molecular formula is C20H22N4O2S. The van der Waals surface area contributed by atoms with Gasteiger partial charge in [-0.1, -0.05) is 60.7 Å². The Bertz CT molecular complexity index is 893. The van der Waals surface area contributed by atoms with Gasteiger partial charge in [0.1, 0.15) is 6.04 Å². The van der Waals surface area contributed by atoms with Gasteiger partial charge < -0.3 is 5.32 Å². The van der Waals surface area contributed by atoms with Gasteiger partial charge in [0.2, 0.25) is 5.91 Å². The fourth-order valence-corrected chi connectivity index (χ4v) is 3.61. The maximum Gasteiger partial charge on any atom is 0.260 e. The van der Waals surface area contributed by atoms with Gasteiger partial charge in [0.05, 0.1) is 10.2 Å². The molecule has 1 heterocycles. The molecule has 140 valence electrons. The Morgan fingerprint density at radius 1 is 1.00 bits per heavy atom. The molecule has 2 atom stereocenters. The number of hydrogen-bond acceptors (Lipinski definition) is 5. The van der Waals surface area contributed by atoms with E-state index in [4.69, 9.17) is 0 Å². The maximum absolute atomic E-state index is 12.2. The van der Waals surface area contributed by atoms with Gasteiger partial charge >= 0.3 is 0 Å². The fraction of sp³-hybridized carbons (Fsp3) is 0.250. The molecule has 0 unspecified atom stereocenters. The van der Waals surface area contributed by atoms with E-state index in [0.717, 1.165) is 15.8 Å². The number of hydrogen-bond donors (Lipinski definition) is 3. The summed E-state index contributed by atoms with van der Waals surface area (Å²) in [7, 11) is 0. The molecule has 0 aliphatic heterocycles. The average Bonchev–Trinajstić information content (AvgIpc) is 3.09. The lowest BCUT2D eigenvalue weighted by atomic mass is 9.98. The molecule has 0 saturated heterocycles. The molecule has 3 aromatic rings. The second-order valence-electron chi connectivity index (χ2n) is 6.41. The summed E-state index contributed by atoms with van der Waals surface area (Å²) in [6, 6.07) is 17.1. The molecule has 2 aromatic carbocycles. The van der Waals surface area contributed by atoms with Gasteiger partial charge in [0, 0.05) is 6.42 Å². The summed E-state index contributed by atoms with van der Waals surface area (Å²) in [6.45, 7) is 3.70. The van der Waals surface area contributed by atoms with E-state index in [2.05, 4.69) is 21.2 Å². The summed E-state index contributed by atoms with van der Waals surface area (Å²) in [5, 5.41) is 3.73. The molecule has 0 fully saturated rings. The molecule has 3 rings (SSSR count). The summed E-state index contributed by atoms with van der Waals surface area (Å²) in [5.74, 6) is -0.483. The molecule has 0 spiro atoms. The summed E-state index contributed by atoms with van der Waals surface area (Å²) in [4.78, 5) is 28.7. The number of thiazole rings is 1. The van der Waals surface area contributed by atoms with Crippen LogP contribution in [0.3, 0.4) is 0 Å².